The monoisotopic (exact) mass is 412 g/mol. The Balaban J connectivity index is 1.68. The van der Waals surface area contributed by atoms with Crippen LogP contribution >= 0.6 is 0 Å². The molecule has 7 nitrogen and oxygen atoms in total. The van der Waals surface area contributed by atoms with E-state index in [4.69, 9.17) is 9.84 Å². The molecule has 7 heteroatoms. The van der Waals surface area contributed by atoms with Crippen molar-refractivity contribution in [3.05, 3.63) is 59.4 Å². The lowest BCUT2D eigenvalue weighted by molar-refractivity contribution is -0.151. The number of benzene rings is 1. The Morgan fingerprint density at radius 2 is 1.67 bits per heavy atom. The Morgan fingerprint density at radius 3 is 2.33 bits per heavy atom. The highest BCUT2D eigenvalue weighted by atomic mass is 16.5. The van der Waals surface area contributed by atoms with Crippen molar-refractivity contribution in [3.8, 4) is 5.75 Å². The van der Waals surface area contributed by atoms with E-state index >= 15 is 0 Å². The maximum atomic E-state index is 13.1. The third-order valence-corrected chi connectivity index (χ3v) is 5.38. The fourth-order valence-corrected chi connectivity index (χ4v) is 3.79. The van der Waals surface area contributed by atoms with Crippen LogP contribution in [0.5, 0.6) is 5.75 Å². The number of aliphatic hydroxyl groups excluding tert-OH is 1. The molecule has 1 aromatic heterocycles. The first-order valence-electron chi connectivity index (χ1n) is 10.4. The highest BCUT2D eigenvalue weighted by Crippen LogP contribution is 2.32. The number of pyridine rings is 1. The predicted octanol–water partition coefficient (Wildman–Crippen LogP) is 2.54. The normalized spacial score (nSPS) is 14.2. The number of hydrogen-bond acceptors (Lipinski definition) is 6. The summed E-state index contributed by atoms with van der Waals surface area (Å²) in [6, 6.07) is 10.6. The lowest BCUT2D eigenvalue weighted by Gasteiger charge is -2.28. The number of hydrogen-bond donors (Lipinski definition) is 3. The van der Waals surface area contributed by atoms with Gasteiger partial charge in [0.2, 0.25) is 0 Å². The second-order valence-corrected chi connectivity index (χ2v) is 7.66. The molecule has 0 saturated heterocycles. The number of aliphatic hydroxyl groups is 1. The molecule has 0 fully saturated rings. The van der Waals surface area contributed by atoms with Crippen LogP contribution < -0.4 is 5.32 Å². The van der Waals surface area contributed by atoms with Crippen molar-refractivity contribution < 1.29 is 24.5 Å². The van der Waals surface area contributed by atoms with Gasteiger partial charge in [-0.1, -0.05) is 43.5 Å². The number of amides is 1. The first-order valence-corrected chi connectivity index (χ1v) is 10.4. The van der Waals surface area contributed by atoms with E-state index in [1.165, 1.54) is 18.3 Å². The Hall–Kier alpha value is -2.93. The Labute approximate surface area is 176 Å². The van der Waals surface area contributed by atoms with Gasteiger partial charge < -0.3 is 20.3 Å². The van der Waals surface area contributed by atoms with Crippen molar-refractivity contribution in [2.45, 2.75) is 50.5 Å². The number of aromatic hydroxyl groups is 1. The predicted molar refractivity (Wildman–Crippen MR) is 111 cm³/mol. The van der Waals surface area contributed by atoms with Crippen LogP contribution in [-0.4, -0.2) is 45.8 Å². The van der Waals surface area contributed by atoms with Crippen molar-refractivity contribution in [1.82, 2.24) is 10.3 Å². The number of aromatic nitrogens is 1. The smallest absolute Gasteiger partial charge is 0.332 e. The van der Waals surface area contributed by atoms with E-state index in [0.717, 1.165) is 43.2 Å². The molecule has 3 N–H and O–H groups in total. The number of carbonyl (C=O) groups excluding carboxylic acids is 2. The number of esters is 1. The van der Waals surface area contributed by atoms with Crippen molar-refractivity contribution >= 4 is 11.9 Å². The summed E-state index contributed by atoms with van der Waals surface area (Å²) in [5, 5.41) is 21.6. The van der Waals surface area contributed by atoms with Crippen molar-refractivity contribution in [1.29, 1.82) is 0 Å². The molecule has 0 atom stereocenters. The maximum Gasteiger partial charge on any atom is 0.332 e. The van der Waals surface area contributed by atoms with Crippen LogP contribution in [0.1, 0.15) is 53.7 Å². The molecule has 1 heterocycles. The number of rotatable bonds is 10. The molecular formula is C23H28N2O5. The molecule has 0 aliphatic heterocycles. The fraction of sp³-hybridized carbons (Fsp3) is 0.435. The minimum Gasteiger partial charge on any atom is -0.505 e. The first-order chi connectivity index (χ1) is 14.6. The van der Waals surface area contributed by atoms with Gasteiger partial charge in [-0.3, -0.25) is 4.79 Å². The van der Waals surface area contributed by atoms with E-state index in [-0.39, 0.29) is 24.7 Å². The molecule has 160 valence electrons. The molecule has 2 aromatic rings. The van der Waals surface area contributed by atoms with Crippen LogP contribution in [-0.2, 0) is 22.4 Å². The van der Waals surface area contributed by atoms with Crippen LogP contribution in [0.3, 0.4) is 0 Å². The third-order valence-electron chi connectivity index (χ3n) is 5.38. The van der Waals surface area contributed by atoms with Crippen LogP contribution in [0.4, 0.5) is 0 Å². The van der Waals surface area contributed by atoms with E-state index < -0.39 is 17.4 Å². The summed E-state index contributed by atoms with van der Waals surface area (Å²) < 4.78 is 5.55. The van der Waals surface area contributed by atoms with Gasteiger partial charge in [0, 0.05) is 25.6 Å². The molecule has 1 amide bonds. The lowest BCUT2D eigenvalue weighted by atomic mass is 9.95. The van der Waals surface area contributed by atoms with E-state index in [1.54, 1.807) is 0 Å². The van der Waals surface area contributed by atoms with E-state index in [9.17, 15) is 14.7 Å². The van der Waals surface area contributed by atoms with Gasteiger partial charge in [0.15, 0.2) is 5.69 Å². The summed E-state index contributed by atoms with van der Waals surface area (Å²) in [4.78, 5) is 29.8. The minimum atomic E-state index is -1.22. The molecule has 30 heavy (non-hydrogen) atoms. The van der Waals surface area contributed by atoms with E-state index in [1.807, 2.05) is 24.3 Å². The summed E-state index contributed by atoms with van der Waals surface area (Å²) in [5.41, 5.74) is 0.638. The van der Waals surface area contributed by atoms with Gasteiger partial charge >= 0.3 is 5.97 Å². The standard InChI is InChI=1S/C23H28N2O5/c26-13-6-2-1-3-7-14-30-22(29)23(15-17-9-4-5-10-18(17)16-23)25-21(28)20-19(27)11-8-12-24-20/h4-5,8-12,26-27H,1-3,6-7,13-16H2,(H,25,28). The van der Waals surface area contributed by atoms with Crippen molar-refractivity contribution in [2.24, 2.45) is 0 Å². The molecule has 0 saturated carbocycles. The van der Waals surface area contributed by atoms with Crippen LogP contribution in [0, 0.1) is 0 Å². The summed E-state index contributed by atoms with van der Waals surface area (Å²) in [5.74, 6) is -1.32. The molecule has 1 aliphatic rings. The van der Waals surface area contributed by atoms with Gasteiger partial charge in [-0.2, -0.15) is 0 Å². The second kappa shape index (κ2) is 10.2. The summed E-state index contributed by atoms with van der Waals surface area (Å²) in [7, 11) is 0. The van der Waals surface area contributed by atoms with Gasteiger partial charge in [0.05, 0.1) is 6.61 Å². The molecule has 0 spiro atoms. The molecule has 1 aromatic carbocycles. The van der Waals surface area contributed by atoms with E-state index in [0.29, 0.717) is 12.8 Å². The summed E-state index contributed by atoms with van der Waals surface area (Å²) >= 11 is 0. The Morgan fingerprint density at radius 1 is 1.00 bits per heavy atom. The number of unbranched alkanes of at least 4 members (excludes halogenated alkanes) is 4. The molecule has 0 unspecified atom stereocenters. The van der Waals surface area contributed by atoms with Gasteiger partial charge in [-0.25, -0.2) is 9.78 Å². The van der Waals surface area contributed by atoms with Gasteiger partial charge in [-0.15, -0.1) is 0 Å². The highest BCUT2D eigenvalue weighted by molar-refractivity contribution is 5.99. The third kappa shape index (κ3) is 5.16. The number of fused-ring (bicyclic) bond motifs is 1. The Bertz CT molecular complexity index is 858. The molecule has 0 bridgehead atoms. The zero-order valence-electron chi connectivity index (χ0n) is 17.0. The zero-order valence-corrected chi connectivity index (χ0v) is 17.0. The largest absolute Gasteiger partial charge is 0.505 e. The second-order valence-electron chi connectivity index (χ2n) is 7.66. The highest BCUT2D eigenvalue weighted by Gasteiger charge is 2.47. The number of nitrogens with zero attached hydrogens (tertiary/aromatic N) is 1. The molecule has 1 aliphatic carbocycles. The average molecular weight is 412 g/mol. The fourth-order valence-electron chi connectivity index (χ4n) is 3.79. The Kier molecular flexibility index (Phi) is 7.41. The summed E-state index contributed by atoms with van der Waals surface area (Å²) in [6.45, 7) is 0.477. The summed E-state index contributed by atoms with van der Waals surface area (Å²) in [6.07, 6.45) is 6.44. The van der Waals surface area contributed by atoms with E-state index in [2.05, 4.69) is 10.3 Å². The first kappa shape index (κ1) is 21.8. The molecule has 0 radical (unpaired) electrons. The zero-order chi connectivity index (χ0) is 21.4. The molecular weight excluding hydrogens is 384 g/mol. The lowest BCUT2D eigenvalue weighted by Crippen LogP contribution is -2.56. The topological polar surface area (TPSA) is 109 Å². The van der Waals surface area contributed by atoms with Crippen molar-refractivity contribution in [2.75, 3.05) is 13.2 Å². The van der Waals surface area contributed by atoms with Crippen LogP contribution in [0.25, 0.3) is 0 Å². The minimum absolute atomic E-state index is 0.121. The maximum absolute atomic E-state index is 13.1. The number of carbonyl (C=O) groups is 2. The van der Waals surface area contributed by atoms with Crippen molar-refractivity contribution in [3.63, 3.8) is 0 Å². The average Bonchev–Trinajstić information content (AvgIpc) is 3.12. The quantitative estimate of drug-likeness (QED) is 0.409. The van der Waals surface area contributed by atoms with Gasteiger partial charge in [0.1, 0.15) is 11.3 Å². The SMILES string of the molecule is O=C(NC1(C(=O)OCCCCCCCO)Cc2ccccc2C1)c1ncccc1O. The van der Waals surface area contributed by atoms with Crippen LogP contribution in [0.15, 0.2) is 42.6 Å². The van der Waals surface area contributed by atoms with Gasteiger partial charge in [-0.05, 0) is 36.1 Å². The molecule has 3 rings (SSSR count). The number of ether oxygens (including phenoxy) is 1. The number of nitrogens with one attached hydrogen (secondary N) is 1. The van der Waals surface area contributed by atoms with Gasteiger partial charge in [0.25, 0.3) is 5.91 Å². The van der Waals surface area contributed by atoms with Crippen LogP contribution in [0.2, 0.25) is 0 Å².